The molecule has 0 radical (unpaired) electrons. The third-order valence-corrected chi connectivity index (χ3v) is 2.55. The Morgan fingerprint density at radius 2 is 2.11 bits per heavy atom. The lowest BCUT2D eigenvalue weighted by Crippen LogP contribution is -2.05. The van der Waals surface area contributed by atoms with Gasteiger partial charge in [-0.1, -0.05) is 36.4 Å². The van der Waals surface area contributed by atoms with Gasteiger partial charge in [-0.2, -0.15) is 4.80 Å². The predicted molar refractivity (Wildman–Crippen MR) is 69.0 cm³/mol. The normalized spacial score (nSPS) is 11.4. The van der Waals surface area contributed by atoms with Crippen LogP contribution in [-0.4, -0.2) is 33.3 Å². The number of esters is 1. The molecule has 0 amide bonds. The van der Waals surface area contributed by atoms with Crippen molar-refractivity contribution in [1.29, 1.82) is 0 Å². The van der Waals surface area contributed by atoms with Crippen LogP contribution in [0.25, 0.3) is 11.4 Å². The van der Waals surface area contributed by atoms with Gasteiger partial charge in [0.05, 0.1) is 13.7 Å². The second-order valence-corrected chi connectivity index (χ2v) is 3.91. The van der Waals surface area contributed by atoms with Crippen LogP contribution in [0.1, 0.15) is 6.92 Å². The van der Waals surface area contributed by atoms with Crippen molar-refractivity contribution in [3.8, 4) is 11.4 Å². The van der Waals surface area contributed by atoms with Crippen LogP contribution in [0.2, 0.25) is 0 Å². The van der Waals surface area contributed by atoms with Gasteiger partial charge >= 0.3 is 5.97 Å². The minimum atomic E-state index is -0.358. The number of carbonyl (C=O) groups excluding carboxylic acids is 1. The van der Waals surface area contributed by atoms with E-state index in [-0.39, 0.29) is 5.97 Å². The van der Waals surface area contributed by atoms with Gasteiger partial charge in [0.2, 0.25) is 5.82 Å². The van der Waals surface area contributed by atoms with Crippen LogP contribution in [0.5, 0.6) is 0 Å². The molecule has 19 heavy (non-hydrogen) atoms. The van der Waals surface area contributed by atoms with E-state index in [1.54, 1.807) is 13.0 Å². The molecule has 0 spiro atoms. The van der Waals surface area contributed by atoms with E-state index in [0.29, 0.717) is 17.9 Å². The molecule has 0 N–H and O–H groups in total. The lowest BCUT2D eigenvalue weighted by atomic mass is 10.2. The van der Waals surface area contributed by atoms with Crippen LogP contribution in [0.4, 0.5) is 0 Å². The molecule has 0 aliphatic heterocycles. The molecule has 1 heterocycles. The number of nitrogens with zero attached hydrogens (tertiary/aromatic N) is 4. The third-order valence-electron chi connectivity index (χ3n) is 2.55. The monoisotopic (exact) mass is 258 g/mol. The molecular weight excluding hydrogens is 244 g/mol. The molecule has 0 saturated carbocycles. The molecule has 0 unspecified atom stereocenters. The molecule has 2 aromatic rings. The molecule has 6 heteroatoms. The van der Waals surface area contributed by atoms with Gasteiger partial charge < -0.3 is 4.74 Å². The van der Waals surface area contributed by atoms with Crippen LogP contribution >= 0.6 is 0 Å². The number of tetrazole rings is 1. The highest BCUT2D eigenvalue weighted by molar-refractivity contribution is 5.87. The van der Waals surface area contributed by atoms with Crippen LogP contribution in [0.3, 0.4) is 0 Å². The molecule has 0 aliphatic carbocycles. The lowest BCUT2D eigenvalue weighted by Gasteiger charge is -1.97. The largest absolute Gasteiger partial charge is 0.466 e. The van der Waals surface area contributed by atoms with Gasteiger partial charge in [-0.3, -0.25) is 0 Å². The average molecular weight is 258 g/mol. The number of rotatable bonds is 4. The van der Waals surface area contributed by atoms with Crippen LogP contribution in [0.15, 0.2) is 42.0 Å². The molecule has 0 saturated heterocycles. The van der Waals surface area contributed by atoms with E-state index in [0.717, 1.165) is 5.56 Å². The van der Waals surface area contributed by atoms with Crippen molar-refractivity contribution in [2.75, 3.05) is 7.11 Å². The van der Waals surface area contributed by atoms with E-state index in [1.165, 1.54) is 11.9 Å². The minimum Gasteiger partial charge on any atom is -0.466 e. The number of hydrogen-bond donors (Lipinski definition) is 0. The SMILES string of the molecule is COC(=O)/C(C)=C/Cn1nnc(-c2ccccc2)n1. The summed E-state index contributed by atoms with van der Waals surface area (Å²) < 4.78 is 4.60. The van der Waals surface area contributed by atoms with Crippen LogP contribution in [0, 0.1) is 0 Å². The average Bonchev–Trinajstić information content (AvgIpc) is 2.93. The number of carbonyl (C=O) groups is 1. The highest BCUT2D eigenvalue weighted by Gasteiger charge is 2.06. The fourth-order valence-electron chi connectivity index (χ4n) is 1.49. The van der Waals surface area contributed by atoms with Gasteiger partial charge in [0, 0.05) is 11.1 Å². The summed E-state index contributed by atoms with van der Waals surface area (Å²) in [4.78, 5) is 12.6. The Kier molecular flexibility index (Phi) is 4.02. The van der Waals surface area contributed by atoms with E-state index in [2.05, 4.69) is 20.1 Å². The van der Waals surface area contributed by atoms with Gasteiger partial charge in [0.1, 0.15) is 0 Å². The first-order chi connectivity index (χ1) is 9.20. The van der Waals surface area contributed by atoms with Gasteiger partial charge in [0.15, 0.2) is 0 Å². The van der Waals surface area contributed by atoms with Crippen molar-refractivity contribution < 1.29 is 9.53 Å². The first-order valence-electron chi connectivity index (χ1n) is 5.79. The first-order valence-corrected chi connectivity index (χ1v) is 5.79. The predicted octanol–water partition coefficient (Wildman–Crippen LogP) is 1.46. The topological polar surface area (TPSA) is 69.9 Å². The number of aromatic nitrogens is 4. The highest BCUT2D eigenvalue weighted by atomic mass is 16.5. The number of benzene rings is 1. The first kappa shape index (κ1) is 12.9. The Labute approximate surface area is 110 Å². The van der Waals surface area contributed by atoms with E-state index in [4.69, 9.17) is 0 Å². The zero-order valence-corrected chi connectivity index (χ0v) is 10.8. The summed E-state index contributed by atoms with van der Waals surface area (Å²) in [5.41, 5.74) is 1.42. The van der Waals surface area contributed by atoms with Crippen molar-refractivity contribution in [1.82, 2.24) is 20.2 Å². The third kappa shape index (κ3) is 3.25. The maximum absolute atomic E-state index is 11.2. The van der Waals surface area contributed by atoms with E-state index in [9.17, 15) is 4.79 Å². The number of methoxy groups -OCH3 is 1. The van der Waals surface area contributed by atoms with Crippen molar-refractivity contribution in [2.24, 2.45) is 0 Å². The lowest BCUT2D eigenvalue weighted by molar-refractivity contribution is -0.136. The second kappa shape index (κ2) is 5.90. The maximum Gasteiger partial charge on any atom is 0.333 e. The summed E-state index contributed by atoms with van der Waals surface area (Å²) in [6.45, 7) is 2.06. The fraction of sp³-hybridized carbons (Fsp3) is 0.231. The summed E-state index contributed by atoms with van der Waals surface area (Å²) in [6, 6.07) is 9.58. The standard InChI is InChI=1S/C13H14N4O2/c1-10(13(18)19-2)8-9-17-15-12(14-16-17)11-6-4-3-5-7-11/h3-8H,9H2,1-2H3/b10-8+. The number of allylic oxidation sites excluding steroid dienone is 1. The Balaban J connectivity index is 2.08. The van der Waals surface area contributed by atoms with Gasteiger partial charge in [-0.25, -0.2) is 4.79 Å². The fourth-order valence-corrected chi connectivity index (χ4v) is 1.49. The van der Waals surface area contributed by atoms with E-state index in [1.807, 2.05) is 30.3 Å². The molecule has 6 nitrogen and oxygen atoms in total. The summed E-state index contributed by atoms with van der Waals surface area (Å²) >= 11 is 0. The molecular formula is C13H14N4O2. The molecule has 0 fully saturated rings. The number of ether oxygens (including phenoxy) is 1. The van der Waals surface area contributed by atoms with Crippen molar-refractivity contribution in [2.45, 2.75) is 13.5 Å². The zero-order chi connectivity index (χ0) is 13.7. The summed E-state index contributed by atoms with van der Waals surface area (Å²) in [6.07, 6.45) is 1.70. The molecule has 98 valence electrons. The Hall–Kier alpha value is -2.50. The van der Waals surface area contributed by atoms with Crippen molar-refractivity contribution in [3.63, 3.8) is 0 Å². The van der Waals surface area contributed by atoms with Gasteiger partial charge in [0.25, 0.3) is 0 Å². The van der Waals surface area contributed by atoms with Gasteiger partial charge in [-0.15, -0.1) is 10.2 Å². The van der Waals surface area contributed by atoms with E-state index >= 15 is 0 Å². The van der Waals surface area contributed by atoms with Crippen LogP contribution in [-0.2, 0) is 16.1 Å². The Bertz CT molecular complexity index is 590. The molecule has 0 aliphatic rings. The van der Waals surface area contributed by atoms with Crippen LogP contribution < -0.4 is 0 Å². The molecule has 1 aromatic heterocycles. The Morgan fingerprint density at radius 1 is 1.37 bits per heavy atom. The van der Waals surface area contributed by atoms with Crippen molar-refractivity contribution in [3.05, 3.63) is 42.0 Å². The molecule has 0 atom stereocenters. The summed E-state index contributed by atoms with van der Waals surface area (Å²) in [5.74, 6) is 0.202. The quantitative estimate of drug-likeness (QED) is 0.613. The zero-order valence-electron chi connectivity index (χ0n) is 10.8. The Morgan fingerprint density at radius 3 is 2.79 bits per heavy atom. The number of hydrogen-bond acceptors (Lipinski definition) is 5. The molecule has 0 bridgehead atoms. The van der Waals surface area contributed by atoms with E-state index < -0.39 is 0 Å². The smallest absolute Gasteiger partial charge is 0.333 e. The summed E-state index contributed by atoms with van der Waals surface area (Å²) in [7, 11) is 1.35. The summed E-state index contributed by atoms with van der Waals surface area (Å²) in [5, 5.41) is 12.1. The second-order valence-electron chi connectivity index (χ2n) is 3.91. The van der Waals surface area contributed by atoms with Gasteiger partial charge in [-0.05, 0) is 12.1 Å². The maximum atomic E-state index is 11.2. The highest BCUT2D eigenvalue weighted by Crippen LogP contribution is 2.11. The molecule has 2 rings (SSSR count). The minimum absolute atomic E-state index is 0.358. The molecule has 1 aromatic carbocycles. The van der Waals surface area contributed by atoms with Crippen molar-refractivity contribution >= 4 is 5.97 Å².